The van der Waals surface area contributed by atoms with Crippen molar-refractivity contribution in [2.75, 3.05) is 7.11 Å². The summed E-state index contributed by atoms with van der Waals surface area (Å²) in [5, 5.41) is 19.3. The Bertz CT molecular complexity index is 3010. The van der Waals surface area contributed by atoms with E-state index >= 15 is 0 Å². The molecule has 6 aromatic heterocycles. The summed E-state index contributed by atoms with van der Waals surface area (Å²) >= 11 is 0. The maximum absolute atomic E-state index is 11.1. The minimum Gasteiger partial charge on any atom is -0.497 e. The molecule has 10 aromatic rings. The molecule has 12 heteroatoms. The predicted molar refractivity (Wildman–Crippen MR) is 215 cm³/mol. The molecule has 0 aliphatic heterocycles. The fourth-order valence-electron chi connectivity index (χ4n) is 6.57. The van der Waals surface area contributed by atoms with Crippen LogP contribution in [0.15, 0.2) is 146 Å². The van der Waals surface area contributed by atoms with Gasteiger partial charge in [-0.3, -0.25) is 14.8 Å². The van der Waals surface area contributed by atoms with E-state index in [4.69, 9.17) is 14.7 Å². The monoisotopic (exact) mass is 732 g/mol. The summed E-state index contributed by atoms with van der Waals surface area (Å²) in [4.78, 5) is 29.3. The topological polar surface area (TPSA) is 139 Å². The zero-order valence-corrected chi connectivity index (χ0v) is 30.1. The molecule has 12 nitrogen and oxygen atoms in total. The summed E-state index contributed by atoms with van der Waals surface area (Å²) < 4.78 is 8.85. The minimum atomic E-state index is 0.562. The number of carbonyl (C=O) groups excluding carboxylic acids is 1. The molecular weight excluding hydrogens is 701 g/mol. The second-order valence-corrected chi connectivity index (χ2v) is 13.1. The van der Waals surface area contributed by atoms with Crippen molar-refractivity contribution >= 4 is 50.4 Å². The molecule has 0 N–H and O–H groups in total. The Hall–Kier alpha value is -7.73. The summed E-state index contributed by atoms with van der Waals surface area (Å²) in [7, 11) is 1.66. The average Bonchev–Trinajstić information content (AvgIpc) is 3.86. The standard InChI is InChI=1S/C22H17N5O.C22H15N5O/c1-28-18-7-5-16(6-8-18)20-10-11-21-22(24-20)27(26-25-21)14-15-4-9-19-17(13-15)3-2-12-23-19;28-14-16-3-1-4-18(12-16)20-8-9-21-22(24-20)27(26-25-21)13-15-6-7-19-17(11-15)5-2-10-23-19/h2-13H,14H2,1H3;1-12,14H,13H2. The Balaban J connectivity index is 0.000000146. The van der Waals surface area contributed by atoms with Crippen molar-refractivity contribution in [1.29, 1.82) is 0 Å². The van der Waals surface area contributed by atoms with Gasteiger partial charge in [0.25, 0.3) is 0 Å². The van der Waals surface area contributed by atoms with Crippen LogP contribution in [0.5, 0.6) is 5.75 Å². The van der Waals surface area contributed by atoms with Crippen molar-refractivity contribution in [3.8, 4) is 28.3 Å². The Kier molecular flexibility index (Phi) is 9.10. The van der Waals surface area contributed by atoms with E-state index in [0.29, 0.717) is 24.3 Å². The molecule has 0 aliphatic carbocycles. The number of rotatable bonds is 8. The number of fused-ring (bicyclic) bond motifs is 4. The van der Waals surface area contributed by atoms with Gasteiger partial charge in [-0.2, -0.15) is 0 Å². The van der Waals surface area contributed by atoms with Gasteiger partial charge in [-0.05, 0) is 102 Å². The lowest BCUT2D eigenvalue weighted by Crippen LogP contribution is -2.03. The van der Waals surface area contributed by atoms with E-state index in [2.05, 4.69) is 54.9 Å². The Morgan fingerprint density at radius 2 is 1.11 bits per heavy atom. The number of aromatic nitrogens is 10. The summed E-state index contributed by atoms with van der Waals surface area (Å²) in [6.45, 7) is 1.16. The molecule has 0 fully saturated rings. The molecule has 270 valence electrons. The first kappa shape index (κ1) is 34.1. The zero-order valence-electron chi connectivity index (χ0n) is 30.1. The maximum atomic E-state index is 11.1. The maximum Gasteiger partial charge on any atom is 0.179 e. The number of nitrogens with zero attached hydrogens (tertiary/aromatic N) is 10. The highest BCUT2D eigenvalue weighted by molar-refractivity contribution is 5.82. The quantitative estimate of drug-likeness (QED) is 0.141. The lowest BCUT2D eigenvalue weighted by molar-refractivity contribution is 0.112. The Morgan fingerprint density at radius 1 is 0.554 bits per heavy atom. The summed E-state index contributed by atoms with van der Waals surface area (Å²) in [5.41, 5.74) is 11.3. The van der Waals surface area contributed by atoms with Gasteiger partial charge in [0.05, 0.1) is 42.6 Å². The SMILES string of the molecule is COc1ccc(-c2ccc3nnn(Cc4ccc5ncccc5c4)c3n2)cc1.O=Cc1cccc(-c2ccc3nnn(Cc4ccc5ncccc5c4)c3n2)c1. The normalized spacial score (nSPS) is 11.2. The summed E-state index contributed by atoms with van der Waals surface area (Å²) in [6, 6.07) is 43.3. The third kappa shape index (κ3) is 7.01. The van der Waals surface area contributed by atoms with Crippen LogP contribution in [0.3, 0.4) is 0 Å². The van der Waals surface area contributed by atoms with Crippen molar-refractivity contribution < 1.29 is 9.53 Å². The van der Waals surface area contributed by atoms with Crippen molar-refractivity contribution in [2.24, 2.45) is 0 Å². The molecule has 0 unspecified atom stereocenters. The average molecular weight is 733 g/mol. The first-order valence-corrected chi connectivity index (χ1v) is 17.9. The highest BCUT2D eigenvalue weighted by Gasteiger charge is 2.12. The van der Waals surface area contributed by atoms with Crippen molar-refractivity contribution in [1.82, 2.24) is 49.9 Å². The lowest BCUT2D eigenvalue weighted by atomic mass is 10.1. The number of methoxy groups -OCH3 is 1. The molecule has 0 saturated heterocycles. The van der Waals surface area contributed by atoms with Crippen LogP contribution < -0.4 is 4.74 Å². The fourth-order valence-corrected chi connectivity index (χ4v) is 6.57. The smallest absolute Gasteiger partial charge is 0.179 e. The van der Waals surface area contributed by atoms with Gasteiger partial charge in [-0.25, -0.2) is 19.3 Å². The van der Waals surface area contributed by atoms with Crippen LogP contribution >= 0.6 is 0 Å². The van der Waals surface area contributed by atoms with E-state index in [9.17, 15) is 4.79 Å². The first-order chi connectivity index (χ1) is 27.6. The largest absolute Gasteiger partial charge is 0.497 e. The fraction of sp³-hybridized carbons (Fsp3) is 0.0682. The second-order valence-electron chi connectivity index (χ2n) is 13.1. The van der Waals surface area contributed by atoms with Crippen molar-refractivity contribution in [3.63, 3.8) is 0 Å². The van der Waals surface area contributed by atoms with Crippen LogP contribution in [-0.2, 0) is 13.1 Å². The van der Waals surface area contributed by atoms with Gasteiger partial charge in [0.2, 0.25) is 0 Å². The van der Waals surface area contributed by atoms with E-state index in [1.54, 1.807) is 30.3 Å². The van der Waals surface area contributed by atoms with Crippen LogP contribution in [0.4, 0.5) is 0 Å². The van der Waals surface area contributed by atoms with Gasteiger partial charge in [-0.1, -0.05) is 52.9 Å². The molecule has 4 aromatic carbocycles. The highest BCUT2D eigenvalue weighted by atomic mass is 16.5. The minimum absolute atomic E-state index is 0.562. The van der Waals surface area contributed by atoms with E-state index in [1.165, 1.54) is 0 Å². The van der Waals surface area contributed by atoms with E-state index < -0.39 is 0 Å². The van der Waals surface area contributed by atoms with Crippen LogP contribution in [-0.4, -0.2) is 63.3 Å². The second kappa shape index (κ2) is 15.0. The number of benzene rings is 4. The number of ether oxygens (including phenoxy) is 1. The third-order valence-electron chi connectivity index (χ3n) is 9.42. The number of hydrogen-bond donors (Lipinski definition) is 0. The lowest BCUT2D eigenvalue weighted by Gasteiger charge is -2.06. The predicted octanol–water partition coefficient (Wildman–Crippen LogP) is 8.00. The van der Waals surface area contributed by atoms with Gasteiger partial charge in [0, 0.05) is 39.9 Å². The molecule has 0 aliphatic rings. The molecule has 0 saturated carbocycles. The van der Waals surface area contributed by atoms with Crippen LogP contribution in [0, 0.1) is 0 Å². The molecular formula is C44H32N10O2. The van der Waals surface area contributed by atoms with Crippen LogP contribution in [0.1, 0.15) is 21.5 Å². The Morgan fingerprint density at radius 3 is 1.66 bits per heavy atom. The number of hydrogen-bond acceptors (Lipinski definition) is 10. The van der Waals surface area contributed by atoms with E-state index in [-0.39, 0.29) is 0 Å². The molecule has 0 amide bonds. The molecule has 6 heterocycles. The Labute approximate surface area is 320 Å². The van der Waals surface area contributed by atoms with E-state index in [1.807, 2.05) is 108 Å². The van der Waals surface area contributed by atoms with Gasteiger partial charge >= 0.3 is 0 Å². The number of pyridine rings is 4. The third-order valence-corrected chi connectivity index (χ3v) is 9.42. The molecule has 0 bridgehead atoms. The highest BCUT2D eigenvalue weighted by Crippen LogP contribution is 2.25. The molecule has 0 radical (unpaired) electrons. The van der Waals surface area contributed by atoms with Gasteiger partial charge < -0.3 is 4.74 Å². The summed E-state index contributed by atoms with van der Waals surface area (Å²) in [5.74, 6) is 0.822. The number of carbonyl (C=O) groups is 1. The molecule has 56 heavy (non-hydrogen) atoms. The van der Waals surface area contributed by atoms with Gasteiger partial charge in [0.15, 0.2) is 11.3 Å². The zero-order chi connectivity index (χ0) is 37.8. The van der Waals surface area contributed by atoms with Crippen LogP contribution in [0.2, 0.25) is 0 Å². The van der Waals surface area contributed by atoms with Crippen LogP contribution in [0.25, 0.3) is 66.6 Å². The molecule has 0 spiro atoms. The molecule has 0 atom stereocenters. The first-order valence-electron chi connectivity index (χ1n) is 17.9. The molecule has 10 rings (SSSR count). The van der Waals surface area contributed by atoms with E-state index in [0.717, 1.165) is 84.2 Å². The van der Waals surface area contributed by atoms with Crippen molar-refractivity contribution in [2.45, 2.75) is 13.1 Å². The van der Waals surface area contributed by atoms with Crippen molar-refractivity contribution in [3.05, 3.63) is 163 Å². The van der Waals surface area contributed by atoms with Gasteiger partial charge in [-0.15, -0.1) is 10.2 Å². The van der Waals surface area contributed by atoms with Gasteiger partial charge in [0.1, 0.15) is 23.1 Å². The summed E-state index contributed by atoms with van der Waals surface area (Å²) in [6.07, 6.45) is 4.43. The number of aldehydes is 1.